The van der Waals surface area contributed by atoms with Crippen LogP contribution in [0.25, 0.3) is 0 Å². The zero-order valence-corrected chi connectivity index (χ0v) is 14.7. The van der Waals surface area contributed by atoms with Crippen molar-refractivity contribution in [3.63, 3.8) is 0 Å². The third-order valence-corrected chi connectivity index (χ3v) is 3.98. The quantitative estimate of drug-likeness (QED) is 0.265. The summed E-state index contributed by atoms with van der Waals surface area (Å²) in [6.07, 6.45) is 14.8. The van der Waals surface area contributed by atoms with E-state index in [0.717, 1.165) is 6.42 Å². The van der Waals surface area contributed by atoms with Crippen LogP contribution in [0.5, 0.6) is 0 Å². The zero-order valence-electron chi connectivity index (χ0n) is 14.7. The van der Waals surface area contributed by atoms with Crippen molar-refractivity contribution in [2.45, 2.75) is 71.1 Å². The number of rotatable bonds is 12. The van der Waals surface area contributed by atoms with E-state index in [0.29, 0.717) is 11.3 Å². The first kappa shape index (κ1) is 19.4. The first-order valence-electron chi connectivity index (χ1n) is 8.99. The van der Waals surface area contributed by atoms with Crippen LogP contribution in [0.15, 0.2) is 29.3 Å². The van der Waals surface area contributed by atoms with Crippen molar-refractivity contribution in [3.8, 4) is 0 Å². The molecule has 1 rings (SSSR count). The predicted molar refractivity (Wildman–Crippen MR) is 97.8 cm³/mol. The molecule has 0 amide bonds. The molecule has 0 unspecified atom stereocenters. The number of esters is 1. The minimum absolute atomic E-state index is 0.333. The highest BCUT2D eigenvalue weighted by Gasteiger charge is 2.09. The number of hydrogen-bond donors (Lipinski definition) is 0. The lowest BCUT2D eigenvalue weighted by Crippen LogP contribution is -2.01. The molecule has 0 saturated heterocycles. The molecule has 3 heteroatoms. The molecular weight excluding hydrogens is 286 g/mol. The maximum Gasteiger partial charge on any atom is 0.340 e. The smallest absolute Gasteiger partial charge is 0.340 e. The maximum absolute atomic E-state index is 11.6. The molecule has 3 nitrogen and oxygen atoms in total. The molecule has 0 aliphatic heterocycles. The second-order valence-corrected chi connectivity index (χ2v) is 5.94. The van der Waals surface area contributed by atoms with Crippen molar-refractivity contribution >= 4 is 17.9 Å². The van der Waals surface area contributed by atoms with Crippen LogP contribution < -0.4 is 0 Å². The van der Waals surface area contributed by atoms with Gasteiger partial charge in [0, 0.05) is 6.21 Å². The minimum Gasteiger partial charge on any atom is -0.465 e. The van der Waals surface area contributed by atoms with Crippen LogP contribution in [-0.4, -0.2) is 19.3 Å². The van der Waals surface area contributed by atoms with Crippen LogP contribution in [0.3, 0.4) is 0 Å². The molecule has 0 bridgehead atoms. The Morgan fingerprint density at radius 1 is 1.00 bits per heavy atom. The van der Waals surface area contributed by atoms with Gasteiger partial charge in [0.25, 0.3) is 0 Å². The van der Waals surface area contributed by atoms with E-state index in [1.807, 2.05) is 24.4 Å². The molecule has 23 heavy (non-hydrogen) atoms. The van der Waals surface area contributed by atoms with Crippen molar-refractivity contribution < 1.29 is 9.53 Å². The largest absolute Gasteiger partial charge is 0.465 e. The molecule has 0 fully saturated rings. The Morgan fingerprint density at radius 2 is 1.61 bits per heavy atom. The molecule has 1 aromatic carbocycles. The summed E-state index contributed by atoms with van der Waals surface area (Å²) in [7, 11) is 1.39. The van der Waals surface area contributed by atoms with Gasteiger partial charge in [-0.3, -0.25) is 4.99 Å². The normalized spacial score (nSPS) is 11.0. The van der Waals surface area contributed by atoms with Crippen molar-refractivity contribution in [3.05, 3.63) is 29.8 Å². The predicted octanol–water partition coefficient (Wildman–Crippen LogP) is 6.10. The number of carbonyl (C=O) groups is 1. The summed E-state index contributed by atoms with van der Waals surface area (Å²) in [5.41, 5.74) is 1.22. The third-order valence-electron chi connectivity index (χ3n) is 3.98. The molecular formula is C20H31NO2. The molecule has 1 aromatic rings. The topological polar surface area (TPSA) is 38.7 Å². The van der Waals surface area contributed by atoms with Crippen molar-refractivity contribution in [1.82, 2.24) is 0 Å². The molecule has 128 valence electrons. The lowest BCUT2D eigenvalue weighted by Gasteiger charge is -2.03. The van der Waals surface area contributed by atoms with Crippen LogP contribution in [0.2, 0.25) is 0 Å². The number of ether oxygens (including phenoxy) is 1. The van der Waals surface area contributed by atoms with E-state index in [-0.39, 0.29) is 5.97 Å². The van der Waals surface area contributed by atoms with Crippen LogP contribution in [-0.2, 0) is 4.74 Å². The molecule has 0 saturated carbocycles. The fraction of sp³-hybridized carbons (Fsp3) is 0.600. The van der Waals surface area contributed by atoms with Gasteiger partial charge in [-0.2, -0.15) is 0 Å². The molecule has 0 spiro atoms. The van der Waals surface area contributed by atoms with Gasteiger partial charge in [-0.1, -0.05) is 70.4 Å². The molecule has 0 aliphatic carbocycles. The fourth-order valence-electron chi connectivity index (χ4n) is 2.58. The summed E-state index contributed by atoms with van der Waals surface area (Å²) in [5, 5.41) is 0. The number of para-hydroxylation sites is 1. The first-order valence-corrected chi connectivity index (χ1v) is 8.99. The van der Waals surface area contributed by atoms with Crippen molar-refractivity contribution in [2.24, 2.45) is 4.99 Å². The SMILES string of the molecule is CCCCCCCCCCCC=Nc1ccccc1C(=O)OC. The van der Waals surface area contributed by atoms with Gasteiger partial charge in [-0.05, 0) is 25.0 Å². The highest BCUT2D eigenvalue weighted by Crippen LogP contribution is 2.19. The van der Waals surface area contributed by atoms with Gasteiger partial charge in [0.15, 0.2) is 0 Å². The van der Waals surface area contributed by atoms with Gasteiger partial charge in [0.1, 0.15) is 0 Å². The highest BCUT2D eigenvalue weighted by molar-refractivity contribution is 5.95. The molecule has 0 aromatic heterocycles. The van der Waals surface area contributed by atoms with Crippen LogP contribution in [0.4, 0.5) is 5.69 Å². The van der Waals surface area contributed by atoms with E-state index < -0.39 is 0 Å². The maximum atomic E-state index is 11.6. The Kier molecular flexibility index (Phi) is 10.9. The van der Waals surface area contributed by atoms with Gasteiger partial charge in [-0.25, -0.2) is 4.79 Å². The Morgan fingerprint density at radius 3 is 2.26 bits per heavy atom. The third kappa shape index (κ3) is 8.53. The highest BCUT2D eigenvalue weighted by atomic mass is 16.5. The number of carbonyl (C=O) groups excluding carboxylic acids is 1. The van der Waals surface area contributed by atoms with Gasteiger partial charge in [0.05, 0.1) is 18.4 Å². The van der Waals surface area contributed by atoms with Gasteiger partial charge < -0.3 is 4.74 Å². The minimum atomic E-state index is -0.333. The average molecular weight is 317 g/mol. The van der Waals surface area contributed by atoms with Gasteiger partial charge in [-0.15, -0.1) is 0 Å². The van der Waals surface area contributed by atoms with Gasteiger partial charge >= 0.3 is 5.97 Å². The molecule has 0 aliphatic rings. The monoisotopic (exact) mass is 317 g/mol. The van der Waals surface area contributed by atoms with Gasteiger partial charge in [0.2, 0.25) is 0 Å². The van der Waals surface area contributed by atoms with Crippen molar-refractivity contribution in [1.29, 1.82) is 0 Å². The zero-order chi connectivity index (χ0) is 16.8. The Hall–Kier alpha value is -1.64. The van der Waals surface area contributed by atoms with E-state index in [1.54, 1.807) is 6.07 Å². The number of unbranched alkanes of at least 4 members (excludes halogenated alkanes) is 9. The number of hydrogen-bond acceptors (Lipinski definition) is 3. The van der Waals surface area contributed by atoms with Crippen molar-refractivity contribution in [2.75, 3.05) is 7.11 Å². The Balaban J connectivity index is 2.16. The summed E-state index contributed by atoms with van der Waals surface area (Å²) < 4.78 is 4.77. The van der Waals surface area contributed by atoms with E-state index in [4.69, 9.17) is 4.74 Å². The second kappa shape index (κ2) is 12.9. The average Bonchev–Trinajstić information content (AvgIpc) is 2.59. The second-order valence-electron chi connectivity index (χ2n) is 5.94. The summed E-state index contributed by atoms with van der Waals surface area (Å²) in [6, 6.07) is 7.31. The van der Waals surface area contributed by atoms with Crippen LogP contribution >= 0.6 is 0 Å². The van der Waals surface area contributed by atoms with E-state index in [1.165, 1.54) is 64.9 Å². The van der Waals surface area contributed by atoms with E-state index in [9.17, 15) is 4.79 Å². The molecule has 0 radical (unpaired) electrons. The number of nitrogens with zero attached hydrogens (tertiary/aromatic N) is 1. The number of benzene rings is 1. The summed E-state index contributed by atoms with van der Waals surface area (Å²) in [4.78, 5) is 16.1. The summed E-state index contributed by atoms with van der Waals surface area (Å²) >= 11 is 0. The summed E-state index contributed by atoms with van der Waals surface area (Å²) in [5.74, 6) is -0.333. The molecule has 0 heterocycles. The number of methoxy groups -OCH3 is 1. The molecule has 0 atom stereocenters. The summed E-state index contributed by atoms with van der Waals surface area (Å²) in [6.45, 7) is 2.26. The Labute approximate surface area is 141 Å². The standard InChI is InChI=1S/C20H31NO2/c1-3-4-5-6-7-8-9-10-11-14-17-21-19-16-13-12-15-18(19)20(22)23-2/h12-13,15-17H,3-11,14H2,1-2H3. The first-order chi connectivity index (χ1) is 11.3. The lowest BCUT2D eigenvalue weighted by atomic mass is 10.1. The Bertz CT molecular complexity index is 468. The number of aliphatic imine (C=N–C) groups is 1. The molecule has 0 N–H and O–H groups in total. The van der Waals surface area contributed by atoms with E-state index in [2.05, 4.69) is 11.9 Å². The van der Waals surface area contributed by atoms with Crippen LogP contribution in [0.1, 0.15) is 81.5 Å². The fourth-order valence-corrected chi connectivity index (χ4v) is 2.58. The van der Waals surface area contributed by atoms with E-state index >= 15 is 0 Å². The lowest BCUT2D eigenvalue weighted by molar-refractivity contribution is 0.0601. The van der Waals surface area contributed by atoms with Crippen LogP contribution in [0, 0.1) is 0 Å².